The van der Waals surface area contributed by atoms with Gasteiger partial charge in [0.2, 0.25) is 0 Å². The Kier molecular flexibility index (Phi) is 7.43. The molecule has 0 spiro atoms. The largest absolute Gasteiger partial charge is 0.488 e. The fraction of sp³-hybridized carbons (Fsp3) is 0.333. The first-order chi connectivity index (χ1) is 13.0. The number of nitrogens with one attached hydrogen (secondary N) is 2. The van der Waals surface area contributed by atoms with Crippen LogP contribution in [0.4, 0.5) is 0 Å². The van der Waals surface area contributed by atoms with Crippen LogP contribution in [0, 0.1) is 13.8 Å². The van der Waals surface area contributed by atoms with Crippen LogP contribution in [0.2, 0.25) is 0 Å². The lowest BCUT2D eigenvalue weighted by Gasteiger charge is -2.15. The van der Waals surface area contributed by atoms with Crippen molar-refractivity contribution in [2.45, 2.75) is 33.4 Å². The number of benzene rings is 2. The summed E-state index contributed by atoms with van der Waals surface area (Å²) in [5.41, 5.74) is 2.21. The highest BCUT2D eigenvalue weighted by atomic mass is 35.5. The van der Waals surface area contributed by atoms with Gasteiger partial charge >= 0.3 is 0 Å². The van der Waals surface area contributed by atoms with Gasteiger partial charge in [0.25, 0.3) is 5.91 Å². The fourth-order valence-electron chi connectivity index (χ4n) is 2.82. The molecule has 0 saturated carbocycles. The molecule has 1 amide bonds. The van der Waals surface area contributed by atoms with Crippen molar-refractivity contribution in [3.8, 4) is 5.75 Å². The maximum atomic E-state index is 12.8. The fourth-order valence-corrected chi connectivity index (χ4v) is 2.82. The molecule has 28 heavy (non-hydrogen) atoms. The number of ether oxygens (including phenoxy) is 1. The summed E-state index contributed by atoms with van der Waals surface area (Å²) in [5.74, 6) is 1.11. The highest BCUT2D eigenvalue weighted by molar-refractivity contribution is 6.01. The lowest BCUT2D eigenvalue weighted by atomic mass is 10.0. The number of hydrogen-bond acceptors (Lipinski definition) is 5. The molecule has 0 radical (unpaired) electrons. The number of carbonyl (C=O) groups is 1. The number of rotatable bonds is 7. The Balaban J connectivity index is 0.00000280. The normalized spacial score (nSPS) is 11.7. The van der Waals surface area contributed by atoms with Crippen LogP contribution in [0.25, 0.3) is 10.8 Å². The highest BCUT2D eigenvalue weighted by Crippen LogP contribution is 2.27. The topological polar surface area (TPSA) is 76.4 Å². The van der Waals surface area contributed by atoms with Crippen molar-refractivity contribution in [2.75, 3.05) is 13.6 Å². The molecule has 0 aliphatic rings. The summed E-state index contributed by atoms with van der Waals surface area (Å²) >= 11 is 0. The average Bonchev–Trinajstić information content (AvgIpc) is 3.01. The maximum Gasteiger partial charge on any atom is 0.255 e. The van der Waals surface area contributed by atoms with E-state index in [1.807, 2.05) is 64.2 Å². The lowest BCUT2D eigenvalue weighted by Crippen LogP contribution is -2.37. The lowest BCUT2D eigenvalue weighted by molar-refractivity contribution is 0.0946. The Hall–Kier alpha value is -2.57. The third kappa shape index (κ3) is 4.82. The molecule has 7 heteroatoms. The molecule has 0 bridgehead atoms. The van der Waals surface area contributed by atoms with Crippen LogP contribution in [-0.2, 0) is 6.61 Å². The van der Waals surface area contributed by atoms with Gasteiger partial charge in [0.1, 0.15) is 18.1 Å². The number of nitrogens with zero attached hydrogens (tertiary/aromatic N) is 1. The molecule has 1 heterocycles. The van der Waals surface area contributed by atoms with E-state index in [2.05, 4.69) is 15.8 Å². The minimum absolute atomic E-state index is 0. The zero-order valence-corrected chi connectivity index (χ0v) is 17.4. The molecular weight excluding hydrogens is 378 g/mol. The van der Waals surface area contributed by atoms with E-state index in [-0.39, 0.29) is 24.4 Å². The number of aryl methyl sites for hydroxylation is 2. The number of fused-ring (bicyclic) bond motifs is 1. The molecule has 3 rings (SSSR count). The van der Waals surface area contributed by atoms with Crippen LogP contribution >= 0.6 is 12.4 Å². The Morgan fingerprint density at radius 1 is 1.21 bits per heavy atom. The number of carbonyl (C=O) groups excluding carboxylic acids is 1. The minimum Gasteiger partial charge on any atom is -0.488 e. The third-order valence-corrected chi connectivity index (χ3v) is 4.71. The van der Waals surface area contributed by atoms with Gasteiger partial charge in [0.05, 0.1) is 16.8 Å². The molecule has 0 aliphatic heterocycles. The summed E-state index contributed by atoms with van der Waals surface area (Å²) in [7, 11) is 1.87. The van der Waals surface area contributed by atoms with Crippen LogP contribution in [0.5, 0.6) is 5.75 Å². The molecule has 0 saturated heterocycles. The Morgan fingerprint density at radius 3 is 2.50 bits per heavy atom. The zero-order valence-electron chi connectivity index (χ0n) is 16.5. The summed E-state index contributed by atoms with van der Waals surface area (Å²) in [6.07, 6.45) is 0. The van der Waals surface area contributed by atoms with Crippen LogP contribution in [-0.4, -0.2) is 30.7 Å². The number of halogens is 1. The van der Waals surface area contributed by atoms with Crippen LogP contribution in [0.1, 0.15) is 34.3 Å². The SMILES string of the molecule is CNC(C)CNC(=O)c1cc2ccccc2cc1OCc1c(C)noc1C.Cl. The zero-order chi connectivity index (χ0) is 19.4. The van der Waals surface area contributed by atoms with Gasteiger partial charge in [0.15, 0.2) is 0 Å². The molecule has 1 aromatic heterocycles. The van der Waals surface area contributed by atoms with Crippen LogP contribution in [0.15, 0.2) is 40.9 Å². The second kappa shape index (κ2) is 9.57. The smallest absolute Gasteiger partial charge is 0.255 e. The van der Waals surface area contributed by atoms with Gasteiger partial charge in [-0.2, -0.15) is 0 Å². The van der Waals surface area contributed by atoms with Crippen molar-refractivity contribution in [3.05, 3.63) is 59.0 Å². The van der Waals surface area contributed by atoms with Gasteiger partial charge in [0, 0.05) is 12.6 Å². The van der Waals surface area contributed by atoms with E-state index >= 15 is 0 Å². The molecule has 2 aromatic carbocycles. The molecule has 150 valence electrons. The highest BCUT2D eigenvalue weighted by Gasteiger charge is 2.17. The molecule has 2 N–H and O–H groups in total. The summed E-state index contributed by atoms with van der Waals surface area (Å²) in [4.78, 5) is 12.8. The van der Waals surface area contributed by atoms with Crippen molar-refractivity contribution in [2.24, 2.45) is 0 Å². The van der Waals surface area contributed by atoms with Gasteiger partial charge in [-0.25, -0.2) is 0 Å². The van der Waals surface area contributed by atoms with Gasteiger partial charge in [-0.15, -0.1) is 12.4 Å². The van der Waals surface area contributed by atoms with Crippen LogP contribution in [0.3, 0.4) is 0 Å². The number of amides is 1. The van der Waals surface area contributed by atoms with E-state index in [4.69, 9.17) is 9.26 Å². The predicted octanol–water partition coefficient (Wildman–Crippen LogP) is 3.78. The van der Waals surface area contributed by atoms with E-state index in [1.165, 1.54) is 0 Å². The quantitative estimate of drug-likeness (QED) is 0.627. The Morgan fingerprint density at radius 2 is 1.89 bits per heavy atom. The first-order valence-corrected chi connectivity index (χ1v) is 9.02. The van der Waals surface area contributed by atoms with E-state index in [0.717, 1.165) is 27.8 Å². The second-order valence-electron chi connectivity index (χ2n) is 6.69. The summed E-state index contributed by atoms with van der Waals surface area (Å²) < 4.78 is 11.2. The second-order valence-corrected chi connectivity index (χ2v) is 6.69. The minimum atomic E-state index is -0.156. The van der Waals surface area contributed by atoms with Gasteiger partial charge in [-0.1, -0.05) is 29.4 Å². The van der Waals surface area contributed by atoms with Crippen molar-refractivity contribution in [3.63, 3.8) is 0 Å². The van der Waals surface area contributed by atoms with E-state index in [0.29, 0.717) is 24.5 Å². The first kappa shape index (κ1) is 21.7. The number of likely N-dealkylation sites (N-methyl/N-ethyl adjacent to an activating group) is 1. The van der Waals surface area contributed by atoms with E-state index in [9.17, 15) is 4.79 Å². The molecule has 3 aromatic rings. The Bertz CT molecular complexity index is 936. The monoisotopic (exact) mass is 403 g/mol. The standard InChI is InChI=1S/C21H25N3O3.ClH/c1-13(22-4)11-23-21(25)18-9-16-7-5-6-8-17(16)10-20(18)26-12-19-14(2)24-27-15(19)3;/h5-10,13,22H,11-12H2,1-4H3,(H,23,25);1H. The number of aromatic nitrogens is 1. The number of hydrogen-bond donors (Lipinski definition) is 2. The van der Waals surface area contributed by atoms with Crippen LogP contribution < -0.4 is 15.4 Å². The molecule has 1 unspecified atom stereocenters. The third-order valence-electron chi connectivity index (χ3n) is 4.71. The van der Waals surface area contributed by atoms with Crippen molar-refractivity contribution >= 4 is 29.1 Å². The average molecular weight is 404 g/mol. The first-order valence-electron chi connectivity index (χ1n) is 9.02. The van der Waals surface area contributed by atoms with Crippen molar-refractivity contribution < 1.29 is 14.1 Å². The van der Waals surface area contributed by atoms with Crippen molar-refractivity contribution in [1.29, 1.82) is 0 Å². The van der Waals surface area contributed by atoms with Gasteiger partial charge in [-0.3, -0.25) is 4.79 Å². The molecule has 0 aliphatic carbocycles. The Labute approximate surface area is 171 Å². The molecule has 6 nitrogen and oxygen atoms in total. The van der Waals surface area contributed by atoms with E-state index < -0.39 is 0 Å². The maximum absolute atomic E-state index is 12.8. The summed E-state index contributed by atoms with van der Waals surface area (Å²) in [6, 6.07) is 11.9. The molecular formula is C21H26ClN3O3. The predicted molar refractivity (Wildman–Crippen MR) is 112 cm³/mol. The summed E-state index contributed by atoms with van der Waals surface area (Å²) in [6.45, 7) is 6.57. The summed E-state index contributed by atoms with van der Waals surface area (Å²) in [5, 5.41) is 12.0. The van der Waals surface area contributed by atoms with Gasteiger partial charge in [-0.05, 0) is 50.7 Å². The molecule has 1 atom stereocenters. The van der Waals surface area contributed by atoms with Crippen molar-refractivity contribution in [1.82, 2.24) is 15.8 Å². The van der Waals surface area contributed by atoms with E-state index in [1.54, 1.807) is 0 Å². The molecule has 0 fully saturated rings. The van der Waals surface area contributed by atoms with Gasteiger partial charge < -0.3 is 19.9 Å².